The van der Waals surface area contributed by atoms with Crippen LogP contribution in [-0.4, -0.2) is 96.2 Å². The number of nitrogen functional groups attached to an aromatic ring is 2. The minimum atomic E-state index is -0.886. The second kappa shape index (κ2) is 15.7. The summed E-state index contributed by atoms with van der Waals surface area (Å²) >= 11 is 5.97. The lowest BCUT2D eigenvalue weighted by atomic mass is 9.74. The van der Waals surface area contributed by atoms with Crippen molar-refractivity contribution in [2.75, 3.05) is 58.3 Å². The number of halogens is 1. The molecule has 45 heavy (non-hydrogen) atoms. The lowest BCUT2D eigenvalue weighted by Crippen LogP contribution is -2.53. The number of guanidine groups is 1. The fourth-order valence-electron chi connectivity index (χ4n) is 4.79. The van der Waals surface area contributed by atoms with Gasteiger partial charge in [0.05, 0.1) is 0 Å². The van der Waals surface area contributed by atoms with Crippen LogP contribution in [0.25, 0.3) is 0 Å². The number of amides is 4. The van der Waals surface area contributed by atoms with Gasteiger partial charge in [-0.2, -0.15) is 4.99 Å². The van der Waals surface area contributed by atoms with Crippen LogP contribution < -0.4 is 27.4 Å². The first-order valence-corrected chi connectivity index (χ1v) is 15.2. The number of nitrogens with zero attached hydrogens (tertiary/aromatic N) is 5. The van der Waals surface area contributed by atoms with Crippen LogP contribution in [0.15, 0.2) is 35.3 Å². The van der Waals surface area contributed by atoms with E-state index in [0.717, 1.165) is 19.4 Å². The lowest BCUT2D eigenvalue weighted by Gasteiger charge is -2.42. The first-order chi connectivity index (χ1) is 21.2. The summed E-state index contributed by atoms with van der Waals surface area (Å²) in [5.74, 6) is -1.41. The molecule has 7 N–H and O–H groups in total. The van der Waals surface area contributed by atoms with Gasteiger partial charge in [-0.1, -0.05) is 41.9 Å². The Morgan fingerprint density at radius 1 is 1.07 bits per heavy atom. The van der Waals surface area contributed by atoms with Gasteiger partial charge in [0.1, 0.15) is 5.60 Å². The van der Waals surface area contributed by atoms with Crippen LogP contribution in [0.4, 0.5) is 21.2 Å². The van der Waals surface area contributed by atoms with Gasteiger partial charge in [-0.15, -0.1) is 0 Å². The summed E-state index contributed by atoms with van der Waals surface area (Å²) in [6.45, 7) is 7.90. The second-order valence-corrected chi connectivity index (χ2v) is 12.7. The molecule has 0 aliphatic carbocycles. The molecule has 3 rings (SSSR count). The number of nitrogens with two attached hydrogens (primary N) is 2. The van der Waals surface area contributed by atoms with E-state index in [2.05, 4.69) is 43.0 Å². The Labute approximate surface area is 269 Å². The van der Waals surface area contributed by atoms with Crippen molar-refractivity contribution < 1.29 is 19.1 Å². The summed E-state index contributed by atoms with van der Waals surface area (Å²) in [5.41, 5.74) is 11.3. The molecule has 0 atom stereocenters. The summed E-state index contributed by atoms with van der Waals surface area (Å²) in [6, 6.07) is 10.0. The molecular formula is C30H45ClN10O4. The van der Waals surface area contributed by atoms with E-state index < -0.39 is 17.6 Å². The molecule has 2 aromatic rings. The van der Waals surface area contributed by atoms with E-state index in [1.165, 1.54) is 5.56 Å². The van der Waals surface area contributed by atoms with Crippen LogP contribution in [0, 0.1) is 5.41 Å². The number of aliphatic imine (C=N–C) groups is 1. The van der Waals surface area contributed by atoms with Crippen LogP contribution in [-0.2, 0) is 11.2 Å². The number of likely N-dealkylation sites (N-methyl/N-ethyl adjacent to an activating group) is 1. The number of anilines is 2. The number of aromatic nitrogens is 2. The number of carbonyl (C=O) groups excluding carboxylic acids is 3. The molecule has 0 bridgehead atoms. The number of hydrogen-bond acceptors (Lipinski definition) is 9. The highest BCUT2D eigenvalue weighted by Crippen LogP contribution is 2.36. The summed E-state index contributed by atoms with van der Waals surface area (Å²) in [5, 5.41) is 8.49. The number of likely N-dealkylation sites (tertiary alicyclic amines) is 1. The van der Waals surface area contributed by atoms with Gasteiger partial charge in [-0.05, 0) is 71.5 Å². The number of ether oxygens (including phenoxy) is 1. The maximum absolute atomic E-state index is 13.1. The summed E-state index contributed by atoms with van der Waals surface area (Å²) in [6.07, 6.45) is 2.16. The van der Waals surface area contributed by atoms with Crippen molar-refractivity contribution in [1.82, 2.24) is 35.7 Å². The average Bonchev–Trinajstić information content (AvgIpc) is 2.96. The van der Waals surface area contributed by atoms with E-state index in [9.17, 15) is 14.4 Å². The van der Waals surface area contributed by atoms with Gasteiger partial charge in [0.2, 0.25) is 5.96 Å². The molecule has 1 aromatic heterocycles. The Hall–Kier alpha value is -4.17. The first kappa shape index (κ1) is 35.3. The van der Waals surface area contributed by atoms with E-state index in [1.54, 1.807) is 20.8 Å². The van der Waals surface area contributed by atoms with E-state index in [0.29, 0.717) is 39.0 Å². The highest BCUT2D eigenvalue weighted by molar-refractivity contribution is 6.31. The predicted octanol–water partition coefficient (Wildman–Crippen LogP) is 2.89. The minimum Gasteiger partial charge on any atom is -0.444 e. The molecule has 246 valence electrons. The summed E-state index contributed by atoms with van der Waals surface area (Å²) < 4.78 is 5.40. The number of urea groups is 1. The van der Waals surface area contributed by atoms with Crippen LogP contribution in [0.5, 0.6) is 0 Å². The van der Waals surface area contributed by atoms with Crippen molar-refractivity contribution in [1.29, 1.82) is 0 Å². The molecular weight excluding hydrogens is 600 g/mol. The molecule has 14 nitrogen and oxygen atoms in total. The van der Waals surface area contributed by atoms with Gasteiger partial charge in [0.15, 0.2) is 22.5 Å². The molecule has 1 aliphatic rings. The van der Waals surface area contributed by atoms with Crippen molar-refractivity contribution in [2.24, 2.45) is 10.4 Å². The SMILES string of the molecule is CN(C)CCNC(=O)N1CCC(CCc2ccccc2)(CN/C(=N/C(=O)c2nc(Cl)c(N)nc2N)NC(=O)OC(C)(C)C)CC1. The maximum Gasteiger partial charge on any atom is 0.414 e. The normalized spacial score (nSPS) is 15.0. The van der Waals surface area contributed by atoms with Crippen molar-refractivity contribution in [2.45, 2.75) is 52.1 Å². The van der Waals surface area contributed by atoms with Gasteiger partial charge in [-0.3, -0.25) is 10.1 Å². The first-order valence-electron chi connectivity index (χ1n) is 14.8. The van der Waals surface area contributed by atoms with Crippen LogP contribution in [0.3, 0.4) is 0 Å². The third kappa shape index (κ3) is 11.4. The topological polar surface area (TPSA) is 193 Å². The smallest absolute Gasteiger partial charge is 0.414 e. The zero-order valence-electron chi connectivity index (χ0n) is 26.7. The number of alkyl carbamates (subject to hydrolysis) is 1. The number of nitrogens with one attached hydrogen (secondary N) is 3. The number of aryl methyl sites for hydroxylation is 1. The van der Waals surface area contributed by atoms with Gasteiger partial charge < -0.3 is 36.6 Å². The lowest BCUT2D eigenvalue weighted by molar-refractivity contribution is 0.0559. The second-order valence-electron chi connectivity index (χ2n) is 12.4. The molecule has 4 amide bonds. The number of hydrogen-bond donors (Lipinski definition) is 5. The van der Waals surface area contributed by atoms with Crippen LogP contribution in [0.1, 0.15) is 56.1 Å². The molecule has 0 unspecified atom stereocenters. The third-order valence-corrected chi connectivity index (χ3v) is 7.58. The molecule has 0 saturated carbocycles. The highest BCUT2D eigenvalue weighted by atomic mass is 35.5. The minimum absolute atomic E-state index is 0.0956. The molecule has 0 radical (unpaired) electrons. The van der Waals surface area contributed by atoms with Crippen molar-refractivity contribution in [3.8, 4) is 0 Å². The van der Waals surface area contributed by atoms with Gasteiger partial charge >= 0.3 is 18.0 Å². The molecule has 0 spiro atoms. The third-order valence-electron chi connectivity index (χ3n) is 7.30. The number of piperidine rings is 1. The Morgan fingerprint density at radius 2 is 1.73 bits per heavy atom. The molecule has 1 aliphatic heterocycles. The van der Waals surface area contributed by atoms with E-state index in [1.807, 2.05) is 42.1 Å². The van der Waals surface area contributed by atoms with Gasteiger partial charge in [0.25, 0.3) is 0 Å². The summed E-state index contributed by atoms with van der Waals surface area (Å²) in [4.78, 5) is 54.4. The Kier molecular flexibility index (Phi) is 12.3. The van der Waals surface area contributed by atoms with Crippen LogP contribution in [0.2, 0.25) is 5.15 Å². The fraction of sp³-hybridized carbons (Fsp3) is 0.533. The van der Waals surface area contributed by atoms with E-state index in [-0.39, 0.29) is 39.9 Å². The predicted molar refractivity (Wildman–Crippen MR) is 175 cm³/mol. The van der Waals surface area contributed by atoms with Crippen LogP contribution >= 0.6 is 11.6 Å². The number of carbonyl (C=O) groups is 3. The molecule has 2 heterocycles. The maximum atomic E-state index is 13.1. The largest absolute Gasteiger partial charge is 0.444 e. The monoisotopic (exact) mass is 644 g/mol. The van der Waals surface area contributed by atoms with E-state index >= 15 is 0 Å². The van der Waals surface area contributed by atoms with Crippen molar-refractivity contribution >= 4 is 47.2 Å². The molecule has 1 fully saturated rings. The fourth-order valence-corrected chi connectivity index (χ4v) is 4.92. The van der Waals surface area contributed by atoms with Gasteiger partial charge in [-0.25, -0.2) is 19.6 Å². The zero-order chi connectivity index (χ0) is 33.2. The summed E-state index contributed by atoms with van der Waals surface area (Å²) in [7, 11) is 3.91. The van der Waals surface area contributed by atoms with Crippen molar-refractivity contribution in [3.05, 3.63) is 46.7 Å². The van der Waals surface area contributed by atoms with Crippen molar-refractivity contribution in [3.63, 3.8) is 0 Å². The zero-order valence-corrected chi connectivity index (χ0v) is 27.4. The molecule has 15 heteroatoms. The quantitative estimate of drug-likeness (QED) is 0.200. The average molecular weight is 645 g/mol. The Balaban J connectivity index is 1.82. The molecule has 1 saturated heterocycles. The standard InChI is InChI=1S/C30H45ClN10O4/c1-29(2,3)45-28(44)39-26(38-25(42)21-23(32)37-24(33)22(31)36-21)35-19-30(12-11-20-9-7-6-8-10-20)13-16-41(17-14-30)27(43)34-15-18-40(4)5/h6-10H,11-19H2,1-5H3,(H,34,43)(H4,32,33,37)(H2,35,38,39,42,44). The highest BCUT2D eigenvalue weighted by Gasteiger charge is 2.36. The Morgan fingerprint density at radius 3 is 2.36 bits per heavy atom. The molecule has 1 aromatic carbocycles. The van der Waals surface area contributed by atoms with Gasteiger partial charge in [0, 0.05) is 32.7 Å². The van der Waals surface area contributed by atoms with E-state index in [4.69, 9.17) is 27.8 Å². The number of rotatable bonds is 9. The Bertz CT molecular complexity index is 1360. The number of benzene rings is 1.